The van der Waals surface area contributed by atoms with Crippen molar-refractivity contribution in [3.05, 3.63) is 57.3 Å². The summed E-state index contributed by atoms with van der Waals surface area (Å²) in [5.41, 5.74) is 3.45. The van der Waals surface area contributed by atoms with Crippen LogP contribution in [-0.2, 0) is 20.9 Å². The maximum absolute atomic E-state index is 14.2. The van der Waals surface area contributed by atoms with Crippen LogP contribution in [0.25, 0.3) is 39.0 Å². The largest absolute Gasteiger partial charge is 0.265 e. The Labute approximate surface area is 276 Å². The van der Waals surface area contributed by atoms with Gasteiger partial charge in [-0.25, -0.2) is 8.42 Å². The van der Waals surface area contributed by atoms with Gasteiger partial charge in [-0.2, -0.15) is 0 Å². The molecule has 0 aliphatic carbocycles. The van der Waals surface area contributed by atoms with Crippen LogP contribution in [0.5, 0.6) is 0 Å². The van der Waals surface area contributed by atoms with Gasteiger partial charge >= 0.3 is 0 Å². The molecular weight excluding hydrogens is 647 g/mol. The number of hydrogen-bond acceptors (Lipinski definition) is 7. The van der Waals surface area contributed by atoms with Crippen LogP contribution >= 0.6 is 56.7 Å². The predicted molar refractivity (Wildman–Crippen MR) is 194 cm³/mol. The summed E-state index contributed by atoms with van der Waals surface area (Å²) in [4.78, 5) is 12.3. The summed E-state index contributed by atoms with van der Waals surface area (Å²) < 4.78 is 30.1. The molecule has 5 aromatic heterocycles. The second-order valence-corrected chi connectivity index (χ2v) is 21.1. The van der Waals surface area contributed by atoms with Crippen molar-refractivity contribution in [3.8, 4) is 39.0 Å². The first-order valence-electron chi connectivity index (χ1n) is 14.6. The summed E-state index contributed by atoms with van der Waals surface area (Å²) in [6, 6.07) is 13.1. The lowest BCUT2D eigenvalue weighted by molar-refractivity contribution is 0.577. The van der Waals surface area contributed by atoms with E-state index in [9.17, 15) is 8.42 Å². The summed E-state index contributed by atoms with van der Waals surface area (Å²) in [7, 11) is -3.68. The summed E-state index contributed by atoms with van der Waals surface area (Å²) in [5, 5.41) is 0. The molecule has 43 heavy (non-hydrogen) atoms. The number of aryl methyl sites for hydroxylation is 2. The Kier molecular flexibility index (Phi) is 7.75. The molecular formula is C34H39NO2S6. The van der Waals surface area contributed by atoms with Crippen LogP contribution in [0.15, 0.2) is 41.3 Å². The average Bonchev–Trinajstić information content (AvgIpc) is 3.69. The Morgan fingerprint density at radius 3 is 1.84 bits per heavy atom. The van der Waals surface area contributed by atoms with E-state index in [1.54, 1.807) is 38.3 Å². The number of fused-ring (bicyclic) bond motifs is 3. The predicted octanol–water partition coefficient (Wildman–Crippen LogP) is 12.0. The van der Waals surface area contributed by atoms with Gasteiger partial charge in [-0.1, -0.05) is 55.4 Å². The molecule has 0 aromatic carbocycles. The third-order valence-electron chi connectivity index (χ3n) is 7.59. The molecule has 0 radical (unpaired) electrons. The molecule has 0 unspecified atom stereocenters. The van der Waals surface area contributed by atoms with Gasteiger partial charge in [-0.3, -0.25) is 4.31 Å². The zero-order chi connectivity index (χ0) is 31.2. The maximum atomic E-state index is 14.2. The Balaban J connectivity index is 1.48. The highest BCUT2D eigenvalue weighted by Crippen LogP contribution is 2.56. The lowest BCUT2D eigenvalue weighted by Crippen LogP contribution is -2.36. The molecule has 5 aromatic rings. The van der Waals surface area contributed by atoms with Crippen molar-refractivity contribution in [2.75, 3.05) is 10.8 Å². The highest BCUT2D eigenvalue weighted by atomic mass is 32.2. The molecule has 0 N–H and O–H groups in total. The minimum atomic E-state index is -3.68. The van der Waals surface area contributed by atoms with Crippen molar-refractivity contribution in [1.82, 2.24) is 0 Å². The van der Waals surface area contributed by atoms with Crippen LogP contribution in [0.1, 0.15) is 76.3 Å². The van der Waals surface area contributed by atoms with E-state index < -0.39 is 10.0 Å². The van der Waals surface area contributed by atoms with E-state index in [0.717, 1.165) is 25.2 Å². The van der Waals surface area contributed by atoms with E-state index in [-0.39, 0.29) is 16.7 Å². The summed E-state index contributed by atoms with van der Waals surface area (Å²) in [5.74, 6) is 0.199. The topological polar surface area (TPSA) is 37.4 Å². The van der Waals surface area contributed by atoms with Crippen molar-refractivity contribution in [3.63, 3.8) is 0 Å². The van der Waals surface area contributed by atoms with Crippen LogP contribution in [0, 0.1) is 19.8 Å². The molecule has 6 rings (SSSR count). The van der Waals surface area contributed by atoms with Crippen LogP contribution < -0.4 is 4.31 Å². The summed E-state index contributed by atoms with van der Waals surface area (Å²) in [6.07, 6.45) is 0. The van der Waals surface area contributed by atoms with Crippen molar-refractivity contribution < 1.29 is 8.42 Å². The van der Waals surface area contributed by atoms with E-state index in [2.05, 4.69) is 99.6 Å². The molecule has 9 heteroatoms. The fraction of sp³-hybridized carbons (Fsp3) is 0.412. The standard InChI is InChI=1S/C34H39NO2S6/c1-18(2)17-35-21-15-24(29-19(3)13-23(39-29)22-11-12-27(38-22)33(5,6)7)40-31(21)32-26(43(35,36)37)16-25(41-32)30-20(4)14-28(42-30)34(8,9)10/h11-16,18H,17H2,1-10H3. The third kappa shape index (κ3) is 5.52. The Bertz CT molecular complexity index is 1940. The van der Waals surface area contributed by atoms with Gasteiger partial charge in [-0.05, 0) is 78.1 Å². The van der Waals surface area contributed by atoms with Gasteiger partial charge in [0.15, 0.2) is 0 Å². The van der Waals surface area contributed by atoms with Gasteiger partial charge < -0.3 is 0 Å². The van der Waals surface area contributed by atoms with Gasteiger partial charge in [0.1, 0.15) is 4.90 Å². The molecule has 6 heterocycles. The zero-order valence-electron chi connectivity index (χ0n) is 26.5. The van der Waals surface area contributed by atoms with Crippen molar-refractivity contribution >= 4 is 72.4 Å². The molecule has 0 amide bonds. The normalized spacial score (nSPS) is 14.9. The first-order valence-corrected chi connectivity index (χ1v) is 20.1. The second kappa shape index (κ2) is 10.7. The molecule has 0 spiro atoms. The van der Waals surface area contributed by atoms with E-state index in [1.165, 1.54) is 40.4 Å². The second-order valence-electron chi connectivity index (χ2n) is 14.0. The first-order chi connectivity index (χ1) is 19.9. The van der Waals surface area contributed by atoms with E-state index in [1.807, 2.05) is 28.7 Å². The number of rotatable bonds is 5. The molecule has 1 aliphatic rings. The smallest absolute Gasteiger partial charge is 0.264 e. The number of thiophene rings is 5. The highest BCUT2D eigenvalue weighted by molar-refractivity contribution is 7.93. The minimum Gasteiger partial charge on any atom is -0.264 e. The van der Waals surface area contributed by atoms with Gasteiger partial charge in [0, 0.05) is 45.6 Å². The lowest BCUT2D eigenvalue weighted by Gasteiger charge is -2.29. The Morgan fingerprint density at radius 1 is 0.651 bits per heavy atom. The molecule has 0 fully saturated rings. The molecule has 0 saturated heterocycles. The number of sulfonamides is 1. The number of nitrogens with zero attached hydrogens (tertiary/aromatic N) is 1. The first kappa shape index (κ1) is 31.2. The van der Waals surface area contributed by atoms with Crippen LogP contribution in [-0.4, -0.2) is 15.0 Å². The van der Waals surface area contributed by atoms with Crippen LogP contribution in [0.3, 0.4) is 0 Å². The van der Waals surface area contributed by atoms with Gasteiger partial charge in [0.25, 0.3) is 10.0 Å². The van der Waals surface area contributed by atoms with Gasteiger partial charge in [-0.15, -0.1) is 56.7 Å². The van der Waals surface area contributed by atoms with Crippen LogP contribution in [0.4, 0.5) is 5.69 Å². The fourth-order valence-corrected chi connectivity index (χ4v) is 13.9. The minimum absolute atomic E-state index is 0.0510. The fourth-order valence-electron chi connectivity index (χ4n) is 5.27. The monoisotopic (exact) mass is 685 g/mol. The Hall–Kier alpha value is -1.75. The SMILES string of the molecule is Cc1cc(-c2ccc(C(C)(C)C)s2)sc1-c1cc2c(s1)-c1sc(-c3sc(C(C)(C)C)cc3C)cc1S(=O)(=O)N2CC(C)C. The molecule has 0 saturated carbocycles. The zero-order valence-corrected chi connectivity index (χ0v) is 31.4. The third-order valence-corrected chi connectivity index (χ3v) is 16.9. The van der Waals surface area contributed by atoms with E-state index >= 15 is 0 Å². The Morgan fingerprint density at radius 2 is 1.23 bits per heavy atom. The summed E-state index contributed by atoms with van der Waals surface area (Å²) >= 11 is 8.85. The number of anilines is 1. The van der Waals surface area contributed by atoms with E-state index in [0.29, 0.717) is 11.4 Å². The summed E-state index contributed by atoms with van der Waals surface area (Å²) in [6.45, 7) is 22.4. The van der Waals surface area contributed by atoms with E-state index in [4.69, 9.17) is 0 Å². The maximum Gasteiger partial charge on any atom is 0.265 e. The van der Waals surface area contributed by atoms with Crippen LogP contribution in [0.2, 0.25) is 0 Å². The molecule has 3 nitrogen and oxygen atoms in total. The average molecular weight is 686 g/mol. The van der Waals surface area contributed by atoms with Crippen molar-refractivity contribution in [1.29, 1.82) is 0 Å². The van der Waals surface area contributed by atoms with Crippen molar-refractivity contribution in [2.45, 2.75) is 85.0 Å². The van der Waals surface area contributed by atoms with Gasteiger partial charge in [0.2, 0.25) is 0 Å². The number of hydrogen-bond donors (Lipinski definition) is 0. The molecule has 0 bridgehead atoms. The molecule has 1 aliphatic heterocycles. The van der Waals surface area contributed by atoms with Gasteiger partial charge in [0.05, 0.1) is 15.4 Å². The molecule has 228 valence electrons. The quantitative estimate of drug-likeness (QED) is 0.185. The molecule has 0 atom stereocenters. The lowest BCUT2D eigenvalue weighted by atomic mass is 9.94. The van der Waals surface area contributed by atoms with Crippen molar-refractivity contribution in [2.24, 2.45) is 5.92 Å². The highest BCUT2D eigenvalue weighted by Gasteiger charge is 2.39.